The van der Waals surface area contributed by atoms with Crippen molar-refractivity contribution in [1.82, 2.24) is 25.1 Å². The van der Waals surface area contributed by atoms with Crippen LogP contribution in [0.5, 0.6) is 0 Å². The maximum Gasteiger partial charge on any atom is 0.239 e. The largest absolute Gasteiger partial charge is 0.361 e. The molecule has 0 saturated heterocycles. The summed E-state index contributed by atoms with van der Waals surface area (Å²) in [6.45, 7) is 0.559. The van der Waals surface area contributed by atoms with Gasteiger partial charge in [0.2, 0.25) is 5.91 Å². The number of carbonyl (C=O) groups is 1. The van der Waals surface area contributed by atoms with Gasteiger partial charge in [0.05, 0.1) is 18.4 Å². The van der Waals surface area contributed by atoms with E-state index in [2.05, 4.69) is 25.7 Å². The Bertz CT molecular complexity index is 928. The number of nitrogens with zero attached hydrogens (tertiary/aromatic N) is 4. The molecule has 0 fully saturated rings. The van der Waals surface area contributed by atoms with E-state index in [1.54, 1.807) is 23.0 Å². The van der Waals surface area contributed by atoms with Gasteiger partial charge in [0.1, 0.15) is 5.82 Å². The summed E-state index contributed by atoms with van der Waals surface area (Å²) in [7, 11) is 1.85. The van der Waals surface area contributed by atoms with E-state index in [1.807, 2.05) is 37.7 Å². The van der Waals surface area contributed by atoms with Gasteiger partial charge in [-0.05, 0) is 24.0 Å². The zero-order valence-electron chi connectivity index (χ0n) is 14.9. The van der Waals surface area contributed by atoms with Crippen molar-refractivity contribution in [3.8, 4) is 11.3 Å². The lowest BCUT2D eigenvalue weighted by atomic mass is 10.2. The summed E-state index contributed by atoms with van der Waals surface area (Å²) in [6, 6.07) is 9.16. The summed E-state index contributed by atoms with van der Waals surface area (Å²) in [5.41, 5.74) is 2.63. The molecule has 0 spiro atoms. The van der Waals surface area contributed by atoms with E-state index in [9.17, 15) is 4.79 Å². The van der Waals surface area contributed by atoms with Crippen LogP contribution < -0.4 is 10.6 Å². The van der Waals surface area contributed by atoms with Gasteiger partial charge in [0, 0.05) is 36.4 Å². The van der Waals surface area contributed by atoms with Gasteiger partial charge in [-0.15, -0.1) is 0 Å². The van der Waals surface area contributed by atoms with Gasteiger partial charge in [-0.25, -0.2) is 9.97 Å². The predicted molar refractivity (Wildman–Crippen MR) is 108 cm³/mol. The van der Waals surface area contributed by atoms with Gasteiger partial charge < -0.3 is 10.6 Å². The van der Waals surface area contributed by atoms with E-state index in [0.29, 0.717) is 22.5 Å². The Morgan fingerprint density at radius 2 is 2.04 bits per heavy atom. The first-order valence-electron chi connectivity index (χ1n) is 8.20. The number of amides is 1. The molecule has 1 aromatic carbocycles. The number of hydrogen-bond acceptors (Lipinski definition) is 6. The second-order valence-corrected chi connectivity index (χ2v) is 6.99. The van der Waals surface area contributed by atoms with Gasteiger partial charge >= 0.3 is 0 Å². The monoisotopic (exact) mass is 402 g/mol. The van der Waals surface area contributed by atoms with Crippen LogP contribution in [0.15, 0.2) is 47.9 Å². The molecule has 9 heteroatoms. The fourth-order valence-corrected chi connectivity index (χ4v) is 2.85. The number of benzene rings is 1. The maximum atomic E-state index is 12.1. The molecule has 0 aliphatic carbocycles. The van der Waals surface area contributed by atoms with Crippen molar-refractivity contribution in [2.45, 2.75) is 11.7 Å². The molecule has 0 unspecified atom stereocenters. The van der Waals surface area contributed by atoms with Crippen LogP contribution in [0.3, 0.4) is 0 Å². The lowest BCUT2D eigenvalue weighted by Gasteiger charge is -2.09. The lowest BCUT2D eigenvalue weighted by molar-refractivity contribution is -0.119. The standard InChI is InChI=1S/C18H19ClN6OS/c1-25-11-13(9-22-25)15-7-16(24-18(23-15)27-2)20-10-17(26)21-8-12-3-5-14(19)6-4-12/h3-7,9,11H,8,10H2,1-2H3,(H,21,26)(H,20,23,24). The van der Waals surface area contributed by atoms with E-state index < -0.39 is 0 Å². The molecule has 3 rings (SSSR count). The van der Waals surface area contributed by atoms with Crippen molar-refractivity contribution in [2.75, 3.05) is 18.1 Å². The Kier molecular flexibility index (Phi) is 6.31. The number of thioether (sulfide) groups is 1. The minimum atomic E-state index is -0.128. The van der Waals surface area contributed by atoms with Gasteiger partial charge in [-0.2, -0.15) is 5.10 Å². The number of aryl methyl sites for hydroxylation is 1. The molecule has 27 heavy (non-hydrogen) atoms. The van der Waals surface area contributed by atoms with E-state index in [1.165, 1.54) is 11.8 Å². The van der Waals surface area contributed by atoms with Crippen LogP contribution in [0.25, 0.3) is 11.3 Å². The van der Waals surface area contributed by atoms with Crippen LogP contribution in [0, 0.1) is 0 Å². The molecule has 0 atom stereocenters. The van der Waals surface area contributed by atoms with Crippen LogP contribution in [0.2, 0.25) is 5.02 Å². The average molecular weight is 403 g/mol. The Morgan fingerprint density at radius 3 is 2.70 bits per heavy atom. The van der Waals surface area contributed by atoms with Crippen molar-refractivity contribution >= 4 is 35.1 Å². The summed E-state index contributed by atoms with van der Waals surface area (Å²) in [5, 5.41) is 11.4. The molecule has 0 saturated carbocycles. The first-order valence-corrected chi connectivity index (χ1v) is 9.81. The van der Waals surface area contributed by atoms with Gasteiger partial charge in [-0.3, -0.25) is 9.48 Å². The maximum absolute atomic E-state index is 12.1. The smallest absolute Gasteiger partial charge is 0.239 e. The molecule has 0 aliphatic rings. The van der Waals surface area contributed by atoms with Crippen LogP contribution in [-0.4, -0.2) is 38.5 Å². The number of anilines is 1. The fraction of sp³-hybridized carbons (Fsp3) is 0.222. The highest BCUT2D eigenvalue weighted by Crippen LogP contribution is 2.22. The van der Waals surface area contributed by atoms with Crippen molar-refractivity contribution in [1.29, 1.82) is 0 Å². The van der Waals surface area contributed by atoms with Gasteiger partial charge in [0.15, 0.2) is 5.16 Å². The van der Waals surface area contributed by atoms with Crippen LogP contribution in [-0.2, 0) is 18.4 Å². The molecule has 2 heterocycles. The summed E-state index contributed by atoms with van der Waals surface area (Å²) in [5.74, 6) is 0.465. The molecule has 0 bridgehead atoms. The molecule has 2 aromatic heterocycles. The summed E-state index contributed by atoms with van der Waals surface area (Å²) in [4.78, 5) is 21.0. The Hall–Kier alpha value is -2.58. The molecule has 0 aliphatic heterocycles. The third-order valence-electron chi connectivity index (χ3n) is 3.72. The second kappa shape index (κ2) is 8.88. The zero-order valence-corrected chi connectivity index (χ0v) is 16.5. The number of aromatic nitrogens is 4. The van der Waals surface area contributed by atoms with Crippen molar-refractivity contribution in [3.05, 3.63) is 53.3 Å². The number of halogens is 1. The highest BCUT2D eigenvalue weighted by atomic mass is 35.5. The van der Waals surface area contributed by atoms with E-state index >= 15 is 0 Å². The normalized spacial score (nSPS) is 10.6. The Balaban J connectivity index is 1.61. The molecule has 1 amide bonds. The SMILES string of the molecule is CSc1nc(NCC(=O)NCc2ccc(Cl)cc2)cc(-c2cnn(C)c2)n1. The molecule has 0 radical (unpaired) electrons. The predicted octanol–water partition coefficient (Wildman–Crippen LogP) is 2.98. The molecule has 2 N–H and O–H groups in total. The van der Waals surface area contributed by atoms with E-state index in [0.717, 1.165) is 16.8 Å². The molecular weight excluding hydrogens is 384 g/mol. The average Bonchev–Trinajstić information content (AvgIpc) is 3.12. The number of hydrogen-bond donors (Lipinski definition) is 2. The molecule has 3 aromatic rings. The van der Waals surface area contributed by atoms with Gasteiger partial charge in [0.25, 0.3) is 0 Å². The molecular formula is C18H19ClN6OS. The first-order chi connectivity index (χ1) is 13.0. The number of carbonyl (C=O) groups excluding carboxylic acids is 1. The quantitative estimate of drug-likeness (QED) is 0.467. The topological polar surface area (TPSA) is 84.7 Å². The third-order valence-corrected chi connectivity index (χ3v) is 4.52. The Morgan fingerprint density at radius 1 is 1.26 bits per heavy atom. The van der Waals surface area contributed by atoms with E-state index in [-0.39, 0.29) is 12.5 Å². The minimum Gasteiger partial charge on any atom is -0.361 e. The number of rotatable bonds is 7. The Labute approximate surface area is 166 Å². The molecule has 7 nitrogen and oxygen atoms in total. The van der Waals surface area contributed by atoms with Crippen LogP contribution in [0.1, 0.15) is 5.56 Å². The summed E-state index contributed by atoms with van der Waals surface area (Å²) < 4.78 is 1.72. The summed E-state index contributed by atoms with van der Waals surface area (Å²) in [6.07, 6.45) is 5.54. The molecule has 140 valence electrons. The number of nitrogens with one attached hydrogen (secondary N) is 2. The van der Waals surface area contributed by atoms with Crippen molar-refractivity contribution in [2.24, 2.45) is 7.05 Å². The zero-order chi connectivity index (χ0) is 19.2. The second-order valence-electron chi connectivity index (χ2n) is 5.78. The first kappa shape index (κ1) is 19.2. The highest BCUT2D eigenvalue weighted by molar-refractivity contribution is 7.98. The minimum absolute atomic E-state index is 0.116. The van der Waals surface area contributed by atoms with Crippen LogP contribution >= 0.6 is 23.4 Å². The lowest BCUT2D eigenvalue weighted by Crippen LogP contribution is -2.29. The highest BCUT2D eigenvalue weighted by Gasteiger charge is 2.09. The van der Waals surface area contributed by atoms with Gasteiger partial charge in [-0.1, -0.05) is 35.5 Å². The fourth-order valence-electron chi connectivity index (χ4n) is 2.34. The van der Waals surface area contributed by atoms with Crippen molar-refractivity contribution in [3.63, 3.8) is 0 Å². The third kappa shape index (κ3) is 5.45. The van der Waals surface area contributed by atoms with Crippen molar-refractivity contribution < 1.29 is 4.79 Å². The van der Waals surface area contributed by atoms with E-state index in [4.69, 9.17) is 11.6 Å². The van der Waals surface area contributed by atoms with Crippen LogP contribution in [0.4, 0.5) is 5.82 Å². The summed E-state index contributed by atoms with van der Waals surface area (Å²) >= 11 is 7.30.